The molecule has 1 saturated heterocycles. The smallest absolute Gasteiger partial charge is 0.243 e. The summed E-state index contributed by atoms with van der Waals surface area (Å²) in [7, 11) is -3.61. The van der Waals surface area contributed by atoms with Crippen LogP contribution in [0.25, 0.3) is 10.8 Å². The number of piperazine rings is 1. The molecular formula is C22H23ClN2O3S. The highest BCUT2D eigenvalue weighted by Crippen LogP contribution is 2.33. The van der Waals surface area contributed by atoms with Gasteiger partial charge in [-0.15, -0.1) is 0 Å². The summed E-state index contributed by atoms with van der Waals surface area (Å²) in [6, 6.07) is 18.5. The largest absolute Gasteiger partial charge is 0.493 e. The maximum Gasteiger partial charge on any atom is 0.243 e. The molecule has 3 aromatic rings. The van der Waals surface area contributed by atoms with Gasteiger partial charge in [-0.05, 0) is 37.3 Å². The van der Waals surface area contributed by atoms with Gasteiger partial charge in [-0.1, -0.05) is 41.9 Å². The lowest BCUT2D eigenvalue weighted by molar-refractivity contribution is 0.344. The lowest BCUT2D eigenvalue weighted by atomic mass is 10.1. The number of fused-ring (bicyclic) bond motifs is 1. The Morgan fingerprint density at radius 2 is 1.66 bits per heavy atom. The average Bonchev–Trinajstić information content (AvgIpc) is 2.74. The normalized spacial score (nSPS) is 15.6. The highest BCUT2D eigenvalue weighted by Gasteiger charge is 2.30. The Morgan fingerprint density at radius 3 is 2.34 bits per heavy atom. The molecule has 0 aliphatic carbocycles. The number of anilines is 1. The predicted molar refractivity (Wildman–Crippen MR) is 118 cm³/mol. The van der Waals surface area contributed by atoms with Crippen molar-refractivity contribution < 1.29 is 13.2 Å². The van der Waals surface area contributed by atoms with E-state index >= 15 is 0 Å². The van der Waals surface area contributed by atoms with E-state index in [9.17, 15) is 8.42 Å². The zero-order valence-electron chi connectivity index (χ0n) is 16.2. The topological polar surface area (TPSA) is 49.9 Å². The number of hydrogen-bond donors (Lipinski definition) is 0. The number of nitrogens with zero attached hydrogens (tertiary/aromatic N) is 2. The third-order valence-electron chi connectivity index (χ3n) is 5.17. The van der Waals surface area contributed by atoms with Crippen LogP contribution in [0.5, 0.6) is 5.75 Å². The minimum Gasteiger partial charge on any atom is -0.493 e. The second-order valence-electron chi connectivity index (χ2n) is 6.91. The van der Waals surface area contributed by atoms with E-state index in [1.807, 2.05) is 55.5 Å². The summed E-state index contributed by atoms with van der Waals surface area (Å²) >= 11 is 6.09. The van der Waals surface area contributed by atoms with Gasteiger partial charge < -0.3 is 9.64 Å². The molecule has 0 amide bonds. The van der Waals surface area contributed by atoms with E-state index in [-0.39, 0.29) is 0 Å². The second kappa shape index (κ2) is 8.22. The zero-order valence-corrected chi connectivity index (χ0v) is 17.8. The number of sulfonamides is 1. The molecule has 4 rings (SSSR count). The molecule has 5 nitrogen and oxygen atoms in total. The second-order valence-corrected chi connectivity index (χ2v) is 9.25. The molecule has 0 aromatic heterocycles. The van der Waals surface area contributed by atoms with Crippen LogP contribution in [0.15, 0.2) is 65.6 Å². The fourth-order valence-corrected chi connectivity index (χ4v) is 5.55. The van der Waals surface area contributed by atoms with Crippen LogP contribution in [0.3, 0.4) is 0 Å². The van der Waals surface area contributed by atoms with E-state index in [2.05, 4.69) is 4.90 Å². The molecule has 1 aliphatic heterocycles. The summed E-state index contributed by atoms with van der Waals surface area (Å²) in [5, 5.41) is 2.18. The molecule has 0 radical (unpaired) electrons. The molecule has 1 heterocycles. The van der Waals surface area contributed by atoms with Gasteiger partial charge >= 0.3 is 0 Å². The summed E-state index contributed by atoms with van der Waals surface area (Å²) in [5.74, 6) is 0.702. The van der Waals surface area contributed by atoms with Crippen molar-refractivity contribution in [2.24, 2.45) is 0 Å². The van der Waals surface area contributed by atoms with E-state index < -0.39 is 10.0 Å². The van der Waals surface area contributed by atoms with Gasteiger partial charge in [0.05, 0.1) is 11.5 Å². The molecule has 1 fully saturated rings. The summed E-state index contributed by atoms with van der Waals surface area (Å²) in [4.78, 5) is 2.49. The third-order valence-corrected chi connectivity index (χ3v) is 7.37. The van der Waals surface area contributed by atoms with E-state index in [0.717, 1.165) is 11.1 Å². The first kappa shape index (κ1) is 20.0. The molecule has 0 atom stereocenters. The van der Waals surface area contributed by atoms with Crippen molar-refractivity contribution in [3.63, 3.8) is 0 Å². The van der Waals surface area contributed by atoms with Gasteiger partial charge in [0.2, 0.25) is 10.0 Å². The Balaban J connectivity index is 1.61. The number of halogens is 1. The van der Waals surface area contributed by atoms with Gasteiger partial charge in [-0.2, -0.15) is 4.31 Å². The zero-order chi connectivity index (χ0) is 20.4. The molecule has 3 aromatic carbocycles. The first-order valence-corrected chi connectivity index (χ1v) is 11.5. The van der Waals surface area contributed by atoms with Gasteiger partial charge in [0.1, 0.15) is 5.75 Å². The monoisotopic (exact) mass is 430 g/mol. The number of benzene rings is 3. The summed E-state index contributed by atoms with van der Waals surface area (Å²) in [5.41, 5.74) is 1.01. The van der Waals surface area contributed by atoms with Gasteiger partial charge in [0.15, 0.2) is 0 Å². The Hall–Kier alpha value is -2.28. The van der Waals surface area contributed by atoms with Crippen molar-refractivity contribution >= 4 is 38.1 Å². The molecule has 29 heavy (non-hydrogen) atoms. The van der Waals surface area contributed by atoms with E-state index in [1.165, 1.54) is 0 Å². The average molecular weight is 431 g/mol. The number of ether oxygens (including phenoxy) is 1. The molecule has 0 N–H and O–H groups in total. The van der Waals surface area contributed by atoms with Crippen molar-refractivity contribution in [2.45, 2.75) is 11.8 Å². The fourth-order valence-electron chi connectivity index (χ4n) is 3.75. The van der Waals surface area contributed by atoms with Crippen LogP contribution in [0.2, 0.25) is 5.02 Å². The lowest BCUT2D eigenvalue weighted by Gasteiger charge is -2.35. The van der Waals surface area contributed by atoms with Crippen LogP contribution in [-0.4, -0.2) is 45.5 Å². The molecule has 1 aliphatic rings. The van der Waals surface area contributed by atoms with Crippen molar-refractivity contribution in [1.29, 1.82) is 0 Å². The van der Waals surface area contributed by atoms with Crippen LogP contribution in [-0.2, 0) is 10.0 Å². The van der Waals surface area contributed by atoms with Crippen LogP contribution in [0.4, 0.5) is 5.69 Å². The van der Waals surface area contributed by atoms with Crippen molar-refractivity contribution in [2.75, 3.05) is 37.7 Å². The van der Waals surface area contributed by atoms with Crippen LogP contribution in [0, 0.1) is 0 Å². The summed E-state index contributed by atoms with van der Waals surface area (Å²) in [6.07, 6.45) is 0. The minimum atomic E-state index is -3.61. The van der Waals surface area contributed by atoms with Crippen LogP contribution in [0.1, 0.15) is 6.92 Å². The molecule has 0 saturated carbocycles. The number of hydrogen-bond acceptors (Lipinski definition) is 4. The number of rotatable bonds is 5. The van der Waals surface area contributed by atoms with Crippen LogP contribution < -0.4 is 9.64 Å². The first-order valence-electron chi connectivity index (χ1n) is 9.66. The van der Waals surface area contributed by atoms with E-state index in [1.54, 1.807) is 16.4 Å². The van der Waals surface area contributed by atoms with Gasteiger partial charge in [-0.25, -0.2) is 8.42 Å². The van der Waals surface area contributed by atoms with Gasteiger partial charge in [0, 0.05) is 47.7 Å². The Bertz CT molecular complexity index is 1130. The van der Waals surface area contributed by atoms with Crippen LogP contribution >= 0.6 is 11.6 Å². The Kier molecular flexibility index (Phi) is 5.67. The van der Waals surface area contributed by atoms with E-state index in [4.69, 9.17) is 16.3 Å². The standard InChI is InChI=1S/C22H23ClN2O3S/c1-2-28-21-10-11-22(20-9-4-3-8-19(20)21)29(26,27)25-14-12-24(13-15-25)18-7-5-6-17(23)16-18/h3-11,16H,2,12-15H2,1H3. The summed E-state index contributed by atoms with van der Waals surface area (Å²) < 4.78 is 34.1. The van der Waals surface area contributed by atoms with Crippen molar-refractivity contribution in [1.82, 2.24) is 4.31 Å². The molecule has 0 spiro atoms. The fraction of sp³-hybridized carbons (Fsp3) is 0.273. The highest BCUT2D eigenvalue weighted by molar-refractivity contribution is 7.89. The molecular weight excluding hydrogens is 408 g/mol. The SMILES string of the molecule is CCOc1ccc(S(=O)(=O)N2CCN(c3cccc(Cl)c3)CC2)c2ccccc12. The lowest BCUT2D eigenvalue weighted by Crippen LogP contribution is -2.48. The summed E-state index contributed by atoms with van der Waals surface area (Å²) in [6.45, 7) is 4.54. The minimum absolute atomic E-state index is 0.327. The van der Waals surface area contributed by atoms with Gasteiger partial charge in [-0.3, -0.25) is 0 Å². The maximum absolute atomic E-state index is 13.4. The third kappa shape index (κ3) is 3.92. The quantitative estimate of drug-likeness (QED) is 0.601. The Morgan fingerprint density at radius 1 is 0.931 bits per heavy atom. The molecule has 0 unspecified atom stereocenters. The molecule has 7 heteroatoms. The maximum atomic E-state index is 13.4. The first-order chi connectivity index (χ1) is 14.0. The van der Waals surface area contributed by atoms with Gasteiger partial charge in [0.25, 0.3) is 0 Å². The molecule has 0 bridgehead atoms. The van der Waals surface area contributed by atoms with Crippen molar-refractivity contribution in [3.05, 3.63) is 65.7 Å². The molecule has 152 valence electrons. The van der Waals surface area contributed by atoms with E-state index in [0.29, 0.717) is 53.8 Å². The van der Waals surface area contributed by atoms with Crippen molar-refractivity contribution in [3.8, 4) is 5.75 Å². The highest BCUT2D eigenvalue weighted by atomic mass is 35.5. The Labute approximate surface area is 176 Å². The predicted octanol–water partition coefficient (Wildman–Crippen LogP) is 4.40.